The second kappa shape index (κ2) is 11.9. The van der Waals surface area contributed by atoms with Gasteiger partial charge in [-0.1, -0.05) is 13.8 Å². The molecule has 0 spiro atoms. The highest BCUT2D eigenvalue weighted by atomic mass is 16.4. The maximum absolute atomic E-state index is 12.1. The molecule has 0 aromatic carbocycles. The van der Waals surface area contributed by atoms with Crippen LogP contribution in [0.15, 0.2) is 0 Å². The number of carbonyl (C=O) groups excluding carboxylic acids is 3. The van der Waals surface area contributed by atoms with Crippen molar-refractivity contribution in [3.63, 3.8) is 0 Å². The smallest absolute Gasteiger partial charge is 0.326 e. The number of rotatable bonds is 12. The second-order valence-electron chi connectivity index (χ2n) is 6.71. The summed E-state index contributed by atoms with van der Waals surface area (Å²) in [5.74, 6) is -5.33. The molecule has 0 bridgehead atoms. The van der Waals surface area contributed by atoms with Gasteiger partial charge in [0.25, 0.3) is 0 Å². The number of nitrogens with one attached hydrogen (secondary N) is 3. The van der Waals surface area contributed by atoms with Gasteiger partial charge in [-0.2, -0.15) is 0 Å². The van der Waals surface area contributed by atoms with Gasteiger partial charge in [0.05, 0.1) is 19.1 Å². The molecule has 0 aliphatic rings. The average molecular weight is 404 g/mol. The molecule has 28 heavy (non-hydrogen) atoms. The minimum absolute atomic E-state index is 0.167. The van der Waals surface area contributed by atoms with Crippen LogP contribution in [0.1, 0.15) is 33.6 Å². The van der Waals surface area contributed by atoms with E-state index in [9.17, 15) is 29.1 Å². The topological polar surface area (TPSA) is 208 Å². The molecule has 0 saturated heterocycles. The van der Waals surface area contributed by atoms with E-state index >= 15 is 0 Å². The van der Waals surface area contributed by atoms with Gasteiger partial charge in [-0.3, -0.25) is 19.2 Å². The van der Waals surface area contributed by atoms with Crippen LogP contribution in [-0.4, -0.2) is 75.8 Å². The molecule has 8 N–H and O–H groups in total. The minimum atomic E-state index is -1.73. The summed E-state index contributed by atoms with van der Waals surface area (Å²) in [6.45, 7) is 4.22. The van der Waals surface area contributed by atoms with Gasteiger partial charge in [0.2, 0.25) is 17.7 Å². The zero-order chi connectivity index (χ0) is 22.0. The van der Waals surface area contributed by atoms with Crippen molar-refractivity contribution in [2.45, 2.75) is 57.8 Å². The quantitative estimate of drug-likeness (QED) is 0.181. The highest BCUT2D eigenvalue weighted by molar-refractivity contribution is 5.94. The van der Waals surface area contributed by atoms with Crippen molar-refractivity contribution < 1.29 is 39.3 Å². The highest BCUT2D eigenvalue weighted by Crippen LogP contribution is 2.03. The normalized spacial score (nSPS) is 15.1. The Morgan fingerprint density at radius 2 is 1.39 bits per heavy atom. The van der Waals surface area contributed by atoms with Crippen molar-refractivity contribution in [1.29, 1.82) is 0 Å². The number of aliphatic hydroxyl groups excluding tert-OH is 1. The number of hydrogen-bond acceptors (Lipinski definition) is 7. The van der Waals surface area contributed by atoms with Gasteiger partial charge in [0.15, 0.2) is 0 Å². The van der Waals surface area contributed by atoms with Gasteiger partial charge in [0, 0.05) is 0 Å². The van der Waals surface area contributed by atoms with Gasteiger partial charge < -0.3 is 37.0 Å². The summed E-state index contributed by atoms with van der Waals surface area (Å²) < 4.78 is 0. The van der Waals surface area contributed by atoms with Crippen LogP contribution in [0.4, 0.5) is 0 Å². The molecule has 0 saturated carbocycles. The Bertz CT molecular complexity index is 595. The first-order chi connectivity index (χ1) is 12.9. The maximum Gasteiger partial charge on any atom is 0.326 e. The van der Waals surface area contributed by atoms with Crippen molar-refractivity contribution >= 4 is 29.7 Å². The molecule has 0 radical (unpaired) electrons. The third kappa shape index (κ3) is 9.28. The first-order valence-electron chi connectivity index (χ1n) is 8.61. The molecule has 12 heteroatoms. The summed E-state index contributed by atoms with van der Waals surface area (Å²) in [7, 11) is 0. The Hall–Kier alpha value is -2.73. The summed E-state index contributed by atoms with van der Waals surface area (Å²) in [4.78, 5) is 57.7. The molecule has 0 aromatic rings. The van der Waals surface area contributed by atoms with Gasteiger partial charge in [-0.05, 0) is 19.3 Å². The van der Waals surface area contributed by atoms with Crippen LogP contribution in [0, 0.1) is 5.92 Å². The van der Waals surface area contributed by atoms with Crippen molar-refractivity contribution in [2.75, 3.05) is 6.61 Å². The van der Waals surface area contributed by atoms with Crippen LogP contribution < -0.4 is 21.7 Å². The lowest BCUT2D eigenvalue weighted by Crippen LogP contribution is -2.57. The molecule has 0 fully saturated rings. The number of aliphatic hydroxyl groups is 1. The van der Waals surface area contributed by atoms with Crippen molar-refractivity contribution in [3.8, 4) is 0 Å². The van der Waals surface area contributed by atoms with E-state index in [1.54, 1.807) is 0 Å². The van der Waals surface area contributed by atoms with E-state index in [2.05, 4.69) is 10.6 Å². The van der Waals surface area contributed by atoms with E-state index < -0.39 is 66.9 Å². The Morgan fingerprint density at radius 3 is 1.82 bits per heavy atom. The lowest BCUT2D eigenvalue weighted by atomic mass is 10.0. The molecule has 3 amide bonds. The van der Waals surface area contributed by atoms with Crippen molar-refractivity contribution in [3.05, 3.63) is 0 Å². The van der Waals surface area contributed by atoms with Crippen LogP contribution in [0.25, 0.3) is 0 Å². The van der Waals surface area contributed by atoms with E-state index in [0.29, 0.717) is 6.42 Å². The molecule has 160 valence electrons. The Balaban J connectivity index is 4.83. The number of amides is 3. The fourth-order valence-corrected chi connectivity index (χ4v) is 2.14. The number of hydrogen-bond donors (Lipinski definition) is 7. The monoisotopic (exact) mass is 404 g/mol. The summed E-state index contributed by atoms with van der Waals surface area (Å²) in [5.41, 5.74) is 5.71. The standard InChI is InChI=1S/C16H28N4O8/c1-7(2)4-9(17)14(25)18-8(3)13(24)20-11(6-21)15(26)19-10(16(27)28)5-12(22)23/h7-11,21H,4-6,17H2,1-3H3,(H,18,25)(H,19,26)(H,20,24)(H,22,23)(H,27,28). The molecular formula is C16H28N4O8. The van der Waals surface area contributed by atoms with Crippen LogP contribution >= 0.6 is 0 Å². The van der Waals surface area contributed by atoms with Crippen LogP contribution in [0.2, 0.25) is 0 Å². The van der Waals surface area contributed by atoms with E-state index in [0.717, 1.165) is 0 Å². The molecule has 4 unspecified atom stereocenters. The number of carbonyl (C=O) groups is 5. The molecule has 0 rings (SSSR count). The molecule has 0 heterocycles. The van der Waals surface area contributed by atoms with E-state index in [-0.39, 0.29) is 5.92 Å². The van der Waals surface area contributed by atoms with Crippen LogP contribution in [0.3, 0.4) is 0 Å². The Morgan fingerprint density at radius 1 is 0.857 bits per heavy atom. The lowest BCUT2D eigenvalue weighted by Gasteiger charge is -2.22. The minimum Gasteiger partial charge on any atom is -0.481 e. The van der Waals surface area contributed by atoms with Crippen molar-refractivity contribution in [1.82, 2.24) is 16.0 Å². The van der Waals surface area contributed by atoms with Gasteiger partial charge in [0.1, 0.15) is 18.1 Å². The predicted octanol–water partition coefficient (Wildman–Crippen LogP) is -2.61. The third-order valence-electron chi connectivity index (χ3n) is 3.62. The average Bonchev–Trinajstić information content (AvgIpc) is 2.57. The van der Waals surface area contributed by atoms with E-state index in [4.69, 9.17) is 15.9 Å². The number of aliphatic carboxylic acids is 2. The Labute approximate surface area is 161 Å². The maximum atomic E-state index is 12.1. The van der Waals surface area contributed by atoms with Gasteiger partial charge >= 0.3 is 11.9 Å². The van der Waals surface area contributed by atoms with Gasteiger partial charge in [-0.25, -0.2) is 4.79 Å². The zero-order valence-corrected chi connectivity index (χ0v) is 16.0. The van der Waals surface area contributed by atoms with Crippen LogP contribution in [0.5, 0.6) is 0 Å². The fourth-order valence-electron chi connectivity index (χ4n) is 2.14. The molecule has 4 atom stereocenters. The summed E-state index contributed by atoms with van der Waals surface area (Å²) in [6, 6.07) is -5.17. The second-order valence-corrected chi connectivity index (χ2v) is 6.71. The Kier molecular flexibility index (Phi) is 10.7. The largest absolute Gasteiger partial charge is 0.481 e. The van der Waals surface area contributed by atoms with Gasteiger partial charge in [-0.15, -0.1) is 0 Å². The number of nitrogens with two attached hydrogens (primary N) is 1. The van der Waals surface area contributed by atoms with Crippen LogP contribution in [-0.2, 0) is 24.0 Å². The van der Waals surface area contributed by atoms with Crippen molar-refractivity contribution in [2.24, 2.45) is 11.7 Å². The first kappa shape index (κ1) is 25.3. The lowest BCUT2D eigenvalue weighted by molar-refractivity contribution is -0.147. The van der Waals surface area contributed by atoms with E-state index in [1.165, 1.54) is 6.92 Å². The van der Waals surface area contributed by atoms with E-state index in [1.807, 2.05) is 19.2 Å². The summed E-state index contributed by atoms with van der Waals surface area (Å²) in [5, 5.41) is 33.3. The molecule has 12 nitrogen and oxygen atoms in total. The highest BCUT2D eigenvalue weighted by Gasteiger charge is 2.29. The molecule has 0 aromatic heterocycles. The summed E-state index contributed by atoms with van der Waals surface area (Å²) in [6.07, 6.45) is -0.477. The summed E-state index contributed by atoms with van der Waals surface area (Å²) >= 11 is 0. The molecule has 0 aliphatic heterocycles. The zero-order valence-electron chi connectivity index (χ0n) is 16.0. The predicted molar refractivity (Wildman–Crippen MR) is 95.9 cm³/mol. The molecule has 0 aliphatic carbocycles. The number of carboxylic acid groups (broad SMARTS) is 2. The third-order valence-corrected chi connectivity index (χ3v) is 3.62. The SMILES string of the molecule is CC(C)CC(N)C(=O)NC(C)C(=O)NC(CO)C(=O)NC(CC(=O)O)C(=O)O. The molecular weight excluding hydrogens is 376 g/mol. The first-order valence-corrected chi connectivity index (χ1v) is 8.61. The number of carboxylic acids is 2. The fraction of sp³-hybridized carbons (Fsp3) is 0.688.